The van der Waals surface area contributed by atoms with Crippen molar-refractivity contribution in [3.05, 3.63) is 83.9 Å². The van der Waals surface area contributed by atoms with Gasteiger partial charge < -0.3 is 10.6 Å². The predicted molar refractivity (Wildman–Crippen MR) is 93.3 cm³/mol. The number of amides is 1. The number of benzene rings is 2. The van der Waals surface area contributed by atoms with E-state index in [0.717, 1.165) is 12.1 Å². The van der Waals surface area contributed by atoms with Crippen molar-refractivity contribution in [3.8, 4) is 0 Å². The first-order valence-electron chi connectivity index (χ1n) is 7.80. The van der Waals surface area contributed by atoms with Gasteiger partial charge in [0.15, 0.2) is 0 Å². The zero-order chi connectivity index (χ0) is 19.4. The van der Waals surface area contributed by atoms with E-state index in [2.05, 4.69) is 15.6 Å². The largest absolute Gasteiger partial charge is 0.418 e. The Morgan fingerprint density at radius 3 is 2.19 bits per heavy atom. The molecule has 1 aromatic heterocycles. The number of carbonyl (C=O) groups is 1. The van der Waals surface area contributed by atoms with Crippen molar-refractivity contribution in [2.75, 3.05) is 10.6 Å². The SMILES string of the molecule is O=C(Nc1ccccc1C(F)(F)F)c1ccc(Nc2ccccc2F)cn1. The van der Waals surface area contributed by atoms with Gasteiger partial charge in [0.1, 0.15) is 11.5 Å². The molecule has 0 spiro atoms. The first-order chi connectivity index (χ1) is 12.8. The highest BCUT2D eigenvalue weighted by Gasteiger charge is 2.33. The van der Waals surface area contributed by atoms with Crippen LogP contribution in [0.2, 0.25) is 0 Å². The summed E-state index contributed by atoms with van der Waals surface area (Å²) in [6.45, 7) is 0. The van der Waals surface area contributed by atoms with Crippen LogP contribution in [0, 0.1) is 5.82 Å². The third kappa shape index (κ3) is 4.41. The third-order valence-electron chi connectivity index (χ3n) is 3.63. The van der Waals surface area contributed by atoms with Crippen molar-refractivity contribution in [1.29, 1.82) is 0 Å². The highest BCUT2D eigenvalue weighted by molar-refractivity contribution is 6.03. The van der Waals surface area contributed by atoms with Crippen molar-refractivity contribution in [2.45, 2.75) is 6.18 Å². The second-order valence-electron chi connectivity index (χ2n) is 5.53. The lowest BCUT2D eigenvalue weighted by Gasteiger charge is -2.13. The highest BCUT2D eigenvalue weighted by atomic mass is 19.4. The van der Waals surface area contributed by atoms with Crippen molar-refractivity contribution >= 4 is 23.0 Å². The molecule has 138 valence electrons. The molecule has 0 saturated heterocycles. The number of pyridine rings is 1. The smallest absolute Gasteiger partial charge is 0.352 e. The summed E-state index contributed by atoms with van der Waals surface area (Å²) < 4.78 is 52.6. The molecule has 2 N–H and O–H groups in total. The lowest BCUT2D eigenvalue weighted by Crippen LogP contribution is -2.17. The molecule has 3 rings (SSSR count). The molecule has 0 radical (unpaired) electrons. The summed E-state index contributed by atoms with van der Waals surface area (Å²) in [7, 11) is 0. The van der Waals surface area contributed by atoms with E-state index in [0.29, 0.717) is 5.69 Å². The first kappa shape index (κ1) is 18.4. The maximum absolute atomic E-state index is 13.6. The Hall–Kier alpha value is -3.42. The first-order valence-corrected chi connectivity index (χ1v) is 7.80. The number of hydrogen-bond donors (Lipinski definition) is 2. The molecule has 1 heterocycles. The molecule has 0 bridgehead atoms. The average Bonchev–Trinajstić information content (AvgIpc) is 2.64. The molecule has 0 saturated carbocycles. The molecular weight excluding hydrogens is 362 g/mol. The Morgan fingerprint density at radius 1 is 0.889 bits per heavy atom. The van der Waals surface area contributed by atoms with Gasteiger partial charge in [-0.15, -0.1) is 0 Å². The van der Waals surface area contributed by atoms with Crippen LogP contribution in [-0.4, -0.2) is 10.9 Å². The van der Waals surface area contributed by atoms with Crippen molar-refractivity contribution in [1.82, 2.24) is 4.98 Å². The Labute approximate surface area is 151 Å². The van der Waals surface area contributed by atoms with Gasteiger partial charge in [0.2, 0.25) is 0 Å². The molecule has 4 nitrogen and oxygen atoms in total. The second kappa shape index (κ2) is 7.45. The van der Waals surface area contributed by atoms with Gasteiger partial charge in [0, 0.05) is 0 Å². The van der Waals surface area contributed by atoms with Gasteiger partial charge in [-0.3, -0.25) is 4.79 Å². The van der Waals surface area contributed by atoms with E-state index in [9.17, 15) is 22.4 Å². The van der Waals surface area contributed by atoms with Crippen molar-refractivity contribution in [3.63, 3.8) is 0 Å². The van der Waals surface area contributed by atoms with E-state index in [-0.39, 0.29) is 17.1 Å². The monoisotopic (exact) mass is 375 g/mol. The van der Waals surface area contributed by atoms with Crippen LogP contribution in [0.4, 0.5) is 34.6 Å². The summed E-state index contributed by atoms with van der Waals surface area (Å²) in [5, 5.41) is 5.01. The van der Waals surface area contributed by atoms with E-state index in [4.69, 9.17) is 0 Å². The van der Waals surface area contributed by atoms with Crippen molar-refractivity contribution in [2.24, 2.45) is 0 Å². The van der Waals surface area contributed by atoms with Crippen LogP contribution < -0.4 is 10.6 Å². The van der Waals surface area contributed by atoms with E-state index < -0.39 is 23.5 Å². The van der Waals surface area contributed by atoms with Crippen LogP contribution >= 0.6 is 0 Å². The normalized spacial score (nSPS) is 11.1. The zero-order valence-electron chi connectivity index (χ0n) is 13.7. The molecule has 0 aliphatic heterocycles. The molecule has 27 heavy (non-hydrogen) atoms. The number of anilines is 3. The van der Waals surface area contributed by atoms with Gasteiger partial charge >= 0.3 is 6.18 Å². The van der Waals surface area contributed by atoms with E-state index in [1.807, 2.05) is 0 Å². The van der Waals surface area contributed by atoms with Crippen LogP contribution in [0.15, 0.2) is 66.9 Å². The molecule has 0 fully saturated rings. The maximum Gasteiger partial charge on any atom is 0.418 e. The standard InChI is InChI=1S/C19H13F4N3O/c20-14-6-2-4-8-16(14)25-12-9-10-17(24-11-12)18(27)26-15-7-3-1-5-13(15)19(21,22)23/h1-11,25H,(H,26,27). The molecule has 0 aliphatic rings. The number of para-hydroxylation sites is 2. The number of halogens is 4. The molecule has 0 aliphatic carbocycles. The Balaban J connectivity index is 1.75. The molecule has 3 aromatic rings. The lowest BCUT2D eigenvalue weighted by atomic mass is 10.1. The molecule has 0 unspecified atom stereocenters. The summed E-state index contributed by atoms with van der Waals surface area (Å²) >= 11 is 0. The van der Waals surface area contributed by atoms with Gasteiger partial charge in [0.25, 0.3) is 5.91 Å². The fourth-order valence-corrected chi connectivity index (χ4v) is 2.35. The predicted octanol–water partition coefficient (Wildman–Crippen LogP) is 5.24. The van der Waals surface area contributed by atoms with Crippen LogP contribution in [0.25, 0.3) is 0 Å². The Morgan fingerprint density at radius 2 is 1.56 bits per heavy atom. The second-order valence-corrected chi connectivity index (χ2v) is 5.53. The minimum Gasteiger partial charge on any atom is -0.352 e. The van der Waals surface area contributed by atoms with E-state index >= 15 is 0 Å². The zero-order valence-corrected chi connectivity index (χ0v) is 13.7. The number of alkyl halides is 3. The number of rotatable bonds is 4. The fourth-order valence-electron chi connectivity index (χ4n) is 2.35. The third-order valence-corrected chi connectivity index (χ3v) is 3.63. The topological polar surface area (TPSA) is 54.0 Å². The summed E-state index contributed by atoms with van der Waals surface area (Å²) in [6.07, 6.45) is -3.30. The molecular formula is C19H13F4N3O. The Bertz CT molecular complexity index is 956. The van der Waals surface area contributed by atoms with Crippen LogP contribution in [0.5, 0.6) is 0 Å². The number of nitrogens with one attached hydrogen (secondary N) is 2. The quantitative estimate of drug-likeness (QED) is 0.614. The minimum absolute atomic E-state index is 0.0777. The number of aromatic nitrogens is 1. The van der Waals surface area contributed by atoms with E-state index in [1.165, 1.54) is 42.6 Å². The lowest BCUT2D eigenvalue weighted by molar-refractivity contribution is -0.136. The van der Waals surface area contributed by atoms with Crippen LogP contribution in [-0.2, 0) is 6.18 Å². The number of carbonyl (C=O) groups excluding carboxylic acids is 1. The van der Waals surface area contributed by atoms with E-state index in [1.54, 1.807) is 12.1 Å². The molecule has 0 atom stereocenters. The summed E-state index contributed by atoms with van der Waals surface area (Å²) in [6, 6.07) is 13.5. The summed E-state index contributed by atoms with van der Waals surface area (Å²) in [5.41, 5.74) is -0.726. The number of hydrogen-bond acceptors (Lipinski definition) is 3. The van der Waals surface area contributed by atoms with Crippen LogP contribution in [0.3, 0.4) is 0 Å². The summed E-state index contributed by atoms with van der Waals surface area (Å²) in [4.78, 5) is 16.1. The van der Waals surface area contributed by atoms with Crippen molar-refractivity contribution < 1.29 is 22.4 Å². The minimum atomic E-state index is -4.59. The van der Waals surface area contributed by atoms with Gasteiger partial charge in [-0.05, 0) is 36.4 Å². The molecule has 1 amide bonds. The number of nitrogens with zero attached hydrogens (tertiary/aromatic N) is 1. The average molecular weight is 375 g/mol. The van der Waals surface area contributed by atoms with Gasteiger partial charge in [-0.2, -0.15) is 13.2 Å². The Kier molecular flexibility index (Phi) is 5.07. The maximum atomic E-state index is 13.6. The highest BCUT2D eigenvalue weighted by Crippen LogP contribution is 2.34. The summed E-state index contributed by atoms with van der Waals surface area (Å²) in [5.74, 6) is -1.24. The molecule has 2 aromatic carbocycles. The van der Waals surface area contributed by atoms with Crippen LogP contribution in [0.1, 0.15) is 16.1 Å². The fraction of sp³-hybridized carbons (Fsp3) is 0.0526. The molecule has 8 heteroatoms. The van der Waals surface area contributed by atoms with Gasteiger partial charge in [-0.1, -0.05) is 24.3 Å². The van der Waals surface area contributed by atoms with Gasteiger partial charge in [0.05, 0.1) is 28.8 Å². The van der Waals surface area contributed by atoms with Gasteiger partial charge in [-0.25, -0.2) is 9.37 Å².